The number of halogens is 1. The van der Waals surface area contributed by atoms with Crippen LogP contribution in [0.4, 0.5) is 11.4 Å². The Morgan fingerprint density at radius 1 is 1.22 bits per heavy atom. The van der Waals surface area contributed by atoms with E-state index in [0.717, 1.165) is 31.6 Å². The average molecular weight is 341 g/mol. The highest BCUT2D eigenvalue weighted by Crippen LogP contribution is 2.27. The smallest absolute Gasteiger partial charge is 0.250 e. The standard InChI is InChI=1S/C16H24N4O2.ClH/c1-18-8-7-15(21)19-12-5-6-13(16(17)22)14(11-12)20-9-3-2-4-10-20;/h5-6,11,18H,2-4,7-10H2,1H3,(H2,17,22)(H,19,21);1H. The fourth-order valence-corrected chi connectivity index (χ4v) is 2.68. The highest BCUT2D eigenvalue weighted by molar-refractivity contribution is 6.00. The fourth-order valence-electron chi connectivity index (χ4n) is 2.68. The van der Waals surface area contributed by atoms with Gasteiger partial charge in [0.15, 0.2) is 0 Å². The summed E-state index contributed by atoms with van der Waals surface area (Å²) in [6.45, 7) is 2.46. The van der Waals surface area contributed by atoms with Crippen LogP contribution in [0, 0.1) is 0 Å². The Hall–Kier alpha value is -1.79. The van der Waals surface area contributed by atoms with E-state index in [2.05, 4.69) is 15.5 Å². The van der Waals surface area contributed by atoms with Crippen LogP contribution in [0.3, 0.4) is 0 Å². The Kier molecular flexibility index (Phi) is 7.85. The number of piperidine rings is 1. The van der Waals surface area contributed by atoms with Gasteiger partial charge in [0.05, 0.1) is 11.3 Å². The van der Waals surface area contributed by atoms with Gasteiger partial charge in [0.1, 0.15) is 0 Å². The number of nitrogens with zero attached hydrogens (tertiary/aromatic N) is 1. The van der Waals surface area contributed by atoms with E-state index in [1.165, 1.54) is 6.42 Å². The number of hydrogen-bond donors (Lipinski definition) is 3. The van der Waals surface area contributed by atoms with Crippen molar-refractivity contribution in [1.82, 2.24) is 5.32 Å². The first-order valence-electron chi connectivity index (χ1n) is 7.75. The van der Waals surface area contributed by atoms with Gasteiger partial charge in [-0.2, -0.15) is 0 Å². The van der Waals surface area contributed by atoms with Crippen molar-refractivity contribution in [3.05, 3.63) is 23.8 Å². The predicted molar refractivity (Wildman–Crippen MR) is 95.4 cm³/mol. The molecular weight excluding hydrogens is 316 g/mol. The summed E-state index contributed by atoms with van der Waals surface area (Å²) in [5.41, 5.74) is 7.51. The lowest BCUT2D eigenvalue weighted by atomic mass is 10.1. The molecule has 1 fully saturated rings. The highest BCUT2D eigenvalue weighted by Gasteiger charge is 2.18. The van der Waals surface area contributed by atoms with E-state index in [1.807, 2.05) is 13.1 Å². The van der Waals surface area contributed by atoms with Crippen LogP contribution < -0.4 is 21.3 Å². The maximum absolute atomic E-state index is 11.8. The van der Waals surface area contributed by atoms with Gasteiger partial charge >= 0.3 is 0 Å². The van der Waals surface area contributed by atoms with Crippen LogP contribution in [0.25, 0.3) is 0 Å². The van der Waals surface area contributed by atoms with Crippen LogP contribution in [-0.4, -0.2) is 38.5 Å². The molecule has 2 rings (SSSR count). The SMILES string of the molecule is CNCCC(=O)Nc1ccc(C(N)=O)c(N2CCCCC2)c1.Cl. The summed E-state index contributed by atoms with van der Waals surface area (Å²) < 4.78 is 0. The first-order chi connectivity index (χ1) is 10.6. The molecule has 0 bridgehead atoms. The summed E-state index contributed by atoms with van der Waals surface area (Å²) >= 11 is 0. The molecule has 0 aliphatic carbocycles. The van der Waals surface area contributed by atoms with Gasteiger partial charge in [-0.25, -0.2) is 0 Å². The molecule has 128 valence electrons. The summed E-state index contributed by atoms with van der Waals surface area (Å²) in [6.07, 6.45) is 3.84. The van der Waals surface area contributed by atoms with Crippen molar-refractivity contribution in [1.29, 1.82) is 0 Å². The molecule has 1 aromatic rings. The van der Waals surface area contributed by atoms with Crippen molar-refractivity contribution in [2.75, 3.05) is 36.9 Å². The van der Waals surface area contributed by atoms with E-state index < -0.39 is 5.91 Å². The Morgan fingerprint density at radius 3 is 2.52 bits per heavy atom. The number of primary amides is 1. The van der Waals surface area contributed by atoms with Crippen LogP contribution in [0.1, 0.15) is 36.0 Å². The van der Waals surface area contributed by atoms with E-state index in [4.69, 9.17) is 5.73 Å². The second-order valence-corrected chi connectivity index (χ2v) is 5.55. The van der Waals surface area contributed by atoms with Gasteiger partial charge in [0.25, 0.3) is 5.91 Å². The lowest BCUT2D eigenvalue weighted by Gasteiger charge is -2.30. The molecule has 0 aromatic heterocycles. The molecule has 0 spiro atoms. The highest BCUT2D eigenvalue weighted by atomic mass is 35.5. The van der Waals surface area contributed by atoms with Gasteiger partial charge in [-0.1, -0.05) is 0 Å². The Bertz CT molecular complexity index is 545. The zero-order chi connectivity index (χ0) is 15.9. The first kappa shape index (κ1) is 19.3. The van der Waals surface area contributed by atoms with E-state index in [-0.39, 0.29) is 18.3 Å². The van der Waals surface area contributed by atoms with E-state index in [9.17, 15) is 9.59 Å². The van der Waals surface area contributed by atoms with Gasteiger partial charge in [0.2, 0.25) is 5.91 Å². The summed E-state index contributed by atoms with van der Waals surface area (Å²) in [4.78, 5) is 25.6. The van der Waals surface area contributed by atoms with Crippen molar-refractivity contribution < 1.29 is 9.59 Å². The largest absolute Gasteiger partial charge is 0.371 e. The number of nitrogens with two attached hydrogens (primary N) is 1. The first-order valence-corrected chi connectivity index (χ1v) is 7.75. The minimum absolute atomic E-state index is 0. The lowest BCUT2D eigenvalue weighted by Crippen LogP contribution is -2.31. The van der Waals surface area contributed by atoms with Gasteiger partial charge in [0, 0.05) is 31.7 Å². The van der Waals surface area contributed by atoms with Gasteiger partial charge in [-0.05, 0) is 44.5 Å². The van der Waals surface area contributed by atoms with E-state index >= 15 is 0 Å². The minimum atomic E-state index is -0.436. The molecule has 0 unspecified atom stereocenters. The second-order valence-electron chi connectivity index (χ2n) is 5.55. The Morgan fingerprint density at radius 2 is 1.91 bits per heavy atom. The molecule has 4 N–H and O–H groups in total. The third-order valence-electron chi connectivity index (χ3n) is 3.85. The van der Waals surface area contributed by atoms with Gasteiger partial charge in [-0.3, -0.25) is 9.59 Å². The Balaban J connectivity index is 0.00000264. The maximum Gasteiger partial charge on any atom is 0.250 e. The maximum atomic E-state index is 11.8. The van der Waals surface area contributed by atoms with Gasteiger partial charge < -0.3 is 21.3 Å². The fraction of sp³-hybridized carbons (Fsp3) is 0.500. The van der Waals surface area contributed by atoms with E-state index in [0.29, 0.717) is 24.2 Å². The van der Waals surface area contributed by atoms with Crippen LogP contribution in [0.2, 0.25) is 0 Å². The van der Waals surface area contributed by atoms with Crippen molar-refractivity contribution in [3.63, 3.8) is 0 Å². The van der Waals surface area contributed by atoms with E-state index in [1.54, 1.807) is 12.1 Å². The molecule has 1 saturated heterocycles. The third-order valence-corrected chi connectivity index (χ3v) is 3.85. The number of benzene rings is 1. The molecule has 1 aliphatic rings. The van der Waals surface area contributed by atoms with Crippen molar-refractivity contribution in [2.45, 2.75) is 25.7 Å². The zero-order valence-corrected chi connectivity index (χ0v) is 14.2. The van der Waals surface area contributed by atoms with Crippen LogP contribution >= 0.6 is 12.4 Å². The quantitative estimate of drug-likeness (QED) is 0.736. The molecule has 1 aliphatic heterocycles. The van der Waals surface area contributed by atoms with Crippen molar-refractivity contribution >= 4 is 35.6 Å². The van der Waals surface area contributed by atoms with Crippen LogP contribution in [0.5, 0.6) is 0 Å². The number of rotatable bonds is 6. The number of anilines is 2. The lowest BCUT2D eigenvalue weighted by molar-refractivity contribution is -0.116. The number of carbonyl (C=O) groups is 2. The van der Waals surface area contributed by atoms with Crippen LogP contribution in [-0.2, 0) is 4.79 Å². The number of hydrogen-bond acceptors (Lipinski definition) is 4. The zero-order valence-electron chi connectivity index (χ0n) is 13.4. The molecule has 0 saturated carbocycles. The number of nitrogens with one attached hydrogen (secondary N) is 2. The second kappa shape index (κ2) is 9.37. The molecule has 0 atom stereocenters. The molecule has 6 nitrogen and oxygen atoms in total. The summed E-state index contributed by atoms with van der Waals surface area (Å²) in [6, 6.07) is 5.27. The van der Waals surface area contributed by atoms with Gasteiger partial charge in [-0.15, -0.1) is 12.4 Å². The van der Waals surface area contributed by atoms with Crippen molar-refractivity contribution in [2.24, 2.45) is 5.73 Å². The van der Waals surface area contributed by atoms with Crippen molar-refractivity contribution in [3.8, 4) is 0 Å². The molecule has 1 heterocycles. The summed E-state index contributed by atoms with van der Waals surface area (Å²) in [7, 11) is 1.81. The monoisotopic (exact) mass is 340 g/mol. The summed E-state index contributed by atoms with van der Waals surface area (Å²) in [5.74, 6) is -0.487. The number of amides is 2. The molecular formula is C16H25ClN4O2. The normalized spacial score (nSPS) is 14.0. The predicted octanol–water partition coefficient (Wildman–Crippen LogP) is 1.75. The van der Waals surface area contributed by atoms with Crippen LogP contribution in [0.15, 0.2) is 18.2 Å². The topological polar surface area (TPSA) is 87.5 Å². The number of carbonyl (C=O) groups excluding carboxylic acids is 2. The minimum Gasteiger partial charge on any atom is -0.371 e. The Labute approximate surface area is 143 Å². The summed E-state index contributed by atoms with van der Waals surface area (Å²) in [5, 5.41) is 5.81. The molecule has 23 heavy (non-hydrogen) atoms. The molecule has 7 heteroatoms. The third kappa shape index (κ3) is 5.41. The average Bonchev–Trinajstić information content (AvgIpc) is 2.53. The molecule has 1 aromatic carbocycles. The molecule has 2 amide bonds. The molecule has 0 radical (unpaired) electrons.